The molecule has 1 aliphatic heterocycles. The Kier molecular flexibility index (Phi) is 7.37. The van der Waals surface area contributed by atoms with Crippen molar-refractivity contribution in [3.63, 3.8) is 0 Å². The van der Waals surface area contributed by atoms with Crippen LogP contribution >= 0.6 is 15.9 Å². The van der Waals surface area contributed by atoms with Gasteiger partial charge in [-0.15, -0.1) is 0 Å². The van der Waals surface area contributed by atoms with E-state index < -0.39 is 0 Å². The van der Waals surface area contributed by atoms with Crippen LogP contribution in [0.15, 0.2) is 16.6 Å². The van der Waals surface area contributed by atoms with Gasteiger partial charge in [-0.3, -0.25) is 4.79 Å². The lowest BCUT2D eigenvalue weighted by molar-refractivity contribution is 0.0948. The van der Waals surface area contributed by atoms with Crippen LogP contribution in [0.4, 0.5) is 0 Å². The molecule has 24 heavy (non-hydrogen) atoms. The number of halogens is 1. The highest BCUT2D eigenvalue weighted by molar-refractivity contribution is 9.10. The van der Waals surface area contributed by atoms with E-state index in [0.717, 1.165) is 13.0 Å². The topological polar surface area (TPSA) is 50.8 Å². The molecular formula is C18H27BrN2O3. The van der Waals surface area contributed by atoms with E-state index in [1.807, 2.05) is 0 Å². The maximum atomic E-state index is 12.4. The fourth-order valence-electron chi connectivity index (χ4n) is 3.08. The largest absolute Gasteiger partial charge is 0.495 e. The minimum absolute atomic E-state index is 0.106. The fourth-order valence-corrected chi connectivity index (χ4v) is 3.63. The van der Waals surface area contributed by atoms with Crippen molar-refractivity contribution in [1.29, 1.82) is 0 Å². The number of hydrogen-bond donors (Lipinski definition) is 1. The van der Waals surface area contributed by atoms with E-state index in [4.69, 9.17) is 9.47 Å². The van der Waals surface area contributed by atoms with Gasteiger partial charge in [0.2, 0.25) is 0 Å². The summed E-state index contributed by atoms with van der Waals surface area (Å²) < 4.78 is 11.3. The molecule has 1 N–H and O–H groups in total. The molecule has 1 aliphatic rings. The number of nitrogens with one attached hydrogen (secondary N) is 1. The first-order valence-electron chi connectivity index (χ1n) is 8.50. The van der Waals surface area contributed by atoms with Gasteiger partial charge in [0.25, 0.3) is 5.91 Å². The van der Waals surface area contributed by atoms with Crippen molar-refractivity contribution in [3.05, 3.63) is 22.2 Å². The number of ether oxygens (including phenoxy) is 2. The van der Waals surface area contributed by atoms with Gasteiger partial charge < -0.3 is 19.7 Å². The van der Waals surface area contributed by atoms with E-state index in [0.29, 0.717) is 34.1 Å². The van der Waals surface area contributed by atoms with Crippen LogP contribution in [-0.4, -0.2) is 50.7 Å². The molecule has 1 saturated heterocycles. The number of carbonyl (C=O) groups is 1. The summed E-state index contributed by atoms with van der Waals surface area (Å²) in [7, 11) is 3.14. The van der Waals surface area contributed by atoms with Gasteiger partial charge in [-0.1, -0.05) is 6.42 Å². The third-order valence-electron chi connectivity index (χ3n) is 4.56. The van der Waals surface area contributed by atoms with E-state index >= 15 is 0 Å². The molecule has 1 heterocycles. The standard InChI is InChI=1S/C18H27BrN2O3/c1-13-7-4-5-9-21(13)10-6-8-20-18(22)14-11-15(23-2)17(19)16(12-14)24-3/h11-13H,4-10H2,1-3H3,(H,20,22)/t13-/m1/s1. The van der Waals surface area contributed by atoms with Crippen molar-refractivity contribution < 1.29 is 14.3 Å². The summed E-state index contributed by atoms with van der Waals surface area (Å²) >= 11 is 3.41. The summed E-state index contributed by atoms with van der Waals surface area (Å²) in [5, 5.41) is 2.98. The molecule has 0 saturated carbocycles. The number of methoxy groups -OCH3 is 2. The second kappa shape index (κ2) is 9.28. The highest BCUT2D eigenvalue weighted by Gasteiger charge is 2.18. The average molecular weight is 399 g/mol. The molecular weight excluding hydrogens is 372 g/mol. The minimum atomic E-state index is -0.106. The first-order valence-corrected chi connectivity index (χ1v) is 9.30. The molecule has 0 bridgehead atoms. The van der Waals surface area contributed by atoms with Crippen LogP contribution in [0.5, 0.6) is 11.5 Å². The first-order chi connectivity index (χ1) is 11.6. The van der Waals surface area contributed by atoms with E-state index in [1.165, 1.54) is 25.8 Å². The second-order valence-electron chi connectivity index (χ2n) is 6.18. The number of piperidine rings is 1. The SMILES string of the molecule is COc1cc(C(=O)NCCCN2CCCC[C@H]2C)cc(OC)c1Br. The minimum Gasteiger partial charge on any atom is -0.495 e. The van der Waals surface area contributed by atoms with Crippen molar-refractivity contribution in [1.82, 2.24) is 10.2 Å². The lowest BCUT2D eigenvalue weighted by Crippen LogP contribution is -2.39. The second-order valence-corrected chi connectivity index (χ2v) is 6.98. The molecule has 0 unspecified atom stereocenters. The zero-order chi connectivity index (χ0) is 17.5. The van der Waals surface area contributed by atoms with Gasteiger partial charge in [0.05, 0.1) is 14.2 Å². The van der Waals surface area contributed by atoms with Gasteiger partial charge in [-0.2, -0.15) is 0 Å². The Morgan fingerprint density at radius 2 is 1.96 bits per heavy atom. The Bertz CT molecular complexity index is 540. The van der Waals surface area contributed by atoms with Crippen LogP contribution in [0, 0.1) is 0 Å². The third-order valence-corrected chi connectivity index (χ3v) is 5.34. The van der Waals surface area contributed by atoms with Crippen molar-refractivity contribution in [2.45, 2.75) is 38.6 Å². The summed E-state index contributed by atoms with van der Waals surface area (Å²) in [6.07, 6.45) is 4.86. The Labute approximate surface area is 152 Å². The van der Waals surface area contributed by atoms with Crippen LogP contribution in [0.2, 0.25) is 0 Å². The highest BCUT2D eigenvalue weighted by atomic mass is 79.9. The molecule has 5 nitrogen and oxygen atoms in total. The van der Waals surface area contributed by atoms with E-state index in [1.54, 1.807) is 26.4 Å². The molecule has 0 aromatic heterocycles. The van der Waals surface area contributed by atoms with E-state index in [2.05, 4.69) is 33.1 Å². The Morgan fingerprint density at radius 1 is 1.29 bits per heavy atom. The third kappa shape index (κ3) is 4.86. The van der Waals surface area contributed by atoms with Gasteiger partial charge in [-0.05, 0) is 60.8 Å². The number of benzene rings is 1. The number of rotatable bonds is 7. The number of carbonyl (C=O) groups excluding carboxylic acids is 1. The smallest absolute Gasteiger partial charge is 0.251 e. The molecule has 6 heteroatoms. The molecule has 134 valence electrons. The van der Waals surface area contributed by atoms with Crippen molar-refractivity contribution >= 4 is 21.8 Å². The van der Waals surface area contributed by atoms with Gasteiger partial charge in [0.1, 0.15) is 16.0 Å². The van der Waals surface area contributed by atoms with Crippen LogP contribution in [0.25, 0.3) is 0 Å². The molecule has 1 aromatic rings. The van der Waals surface area contributed by atoms with Crippen LogP contribution in [0.3, 0.4) is 0 Å². The Morgan fingerprint density at radius 3 is 2.54 bits per heavy atom. The quantitative estimate of drug-likeness (QED) is 0.714. The molecule has 1 atom stereocenters. The van der Waals surface area contributed by atoms with Gasteiger partial charge in [0.15, 0.2) is 0 Å². The van der Waals surface area contributed by atoms with E-state index in [-0.39, 0.29) is 5.91 Å². The zero-order valence-corrected chi connectivity index (χ0v) is 16.3. The maximum absolute atomic E-state index is 12.4. The summed E-state index contributed by atoms with van der Waals surface area (Å²) in [4.78, 5) is 14.9. The van der Waals surface area contributed by atoms with Crippen LogP contribution in [-0.2, 0) is 0 Å². The highest BCUT2D eigenvalue weighted by Crippen LogP contribution is 2.35. The summed E-state index contributed by atoms with van der Waals surface area (Å²) in [5.41, 5.74) is 0.540. The molecule has 0 spiro atoms. The van der Waals surface area contributed by atoms with Crippen molar-refractivity contribution in [2.75, 3.05) is 33.9 Å². The molecule has 2 rings (SSSR count). The number of hydrogen-bond acceptors (Lipinski definition) is 4. The summed E-state index contributed by atoms with van der Waals surface area (Å²) in [6.45, 7) is 5.17. The Hall–Kier alpha value is -1.27. The Balaban J connectivity index is 1.86. The lowest BCUT2D eigenvalue weighted by Gasteiger charge is -2.33. The predicted molar refractivity (Wildman–Crippen MR) is 99.1 cm³/mol. The number of nitrogens with zero attached hydrogens (tertiary/aromatic N) is 1. The fraction of sp³-hybridized carbons (Fsp3) is 0.611. The van der Waals surface area contributed by atoms with Gasteiger partial charge >= 0.3 is 0 Å². The van der Waals surface area contributed by atoms with Crippen molar-refractivity contribution in [2.24, 2.45) is 0 Å². The van der Waals surface area contributed by atoms with Gasteiger partial charge in [-0.25, -0.2) is 0 Å². The first kappa shape index (κ1) is 19.1. The lowest BCUT2D eigenvalue weighted by atomic mass is 10.0. The zero-order valence-electron chi connectivity index (χ0n) is 14.7. The maximum Gasteiger partial charge on any atom is 0.251 e. The van der Waals surface area contributed by atoms with Crippen molar-refractivity contribution in [3.8, 4) is 11.5 Å². The molecule has 1 aromatic carbocycles. The summed E-state index contributed by atoms with van der Waals surface area (Å²) in [6, 6.07) is 4.10. The normalized spacial score (nSPS) is 18.2. The van der Waals surface area contributed by atoms with Crippen LogP contribution < -0.4 is 14.8 Å². The molecule has 1 fully saturated rings. The summed E-state index contributed by atoms with van der Waals surface area (Å²) in [5.74, 6) is 1.06. The van der Waals surface area contributed by atoms with Gasteiger partial charge in [0, 0.05) is 24.7 Å². The van der Waals surface area contributed by atoms with E-state index in [9.17, 15) is 4.79 Å². The number of amides is 1. The monoisotopic (exact) mass is 398 g/mol. The molecule has 0 aliphatic carbocycles. The average Bonchev–Trinajstić information content (AvgIpc) is 2.60. The molecule has 1 amide bonds. The molecule has 0 radical (unpaired) electrons. The van der Waals surface area contributed by atoms with Crippen LogP contribution in [0.1, 0.15) is 43.0 Å². The predicted octanol–water partition coefficient (Wildman–Crippen LogP) is 3.46. The number of likely N-dealkylation sites (tertiary alicyclic amines) is 1.